The number of nitrogens with one attached hydrogen (secondary N) is 1. The van der Waals surface area contributed by atoms with Gasteiger partial charge in [-0.15, -0.1) is 5.10 Å². The molecular formula is C25H26N4O4. The Labute approximate surface area is 192 Å². The van der Waals surface area contributed by atoms with Gasteiger partial charge >= 0.3 is 0 Å². The van der Waals surface area contributed by atoms with Crippen molar-refractivity contribution in [3.8, 4) is 40.5 Å². The second-order valence-corrected chi connectivity index (χ2v) is 7.46. The summed E-state index contributed by atoms with van der Waals surface area (Å²) in [6, 6.07) is 15.5. The largest absolute Gasteiger partial charge is 0.494 e. The first-order chi connectivity index (χ1) is 16.1. The molecule has 8 nitrogen and oxygen atoms in total. The van der Waals surface area contributed by atoms with Crippen LogP contribution in [0.2, 0.25) is 0 Å². The van der Waals surface area contributed by atoms with Gasteiger partial charge in [0.1, 0.15) is 17.4 Å². The molecule has 8 heteroatoms. The van der Waals surface area contributed by atoms with Crippen LogP contribution in [-0.4, -0.2) is 30.5 Å². The van der Waals surface area contributed by atoms with E-state index in [1.54, 1.807) is 7.11 Å². The van der Waals surface area contributed by atoms with E-state index in [0.717, 1.165) is 34.6 Å². The van der Waals surface area contributed by atoms with Crippen molar-refractivity contribution in [1.82, 2.24) is 10.2 Å². The number of benzene rings is 2. The average Bonchev–Trinajstić information content (AvgIpc) is 3.25. The average molecular weight is 447 g/mol. The Bertz CT molecular complexity index is 1210. The molecule has 0 spiro atoms. The van der Waals surface area contributed by atoms with E-state index in [-0.39, 0.29) is 5.88 Å². The lowest BCUT2D eigenvalue weighted by Crippen LogP contribution is -2.21. The number of nitrogens with two attached hydrogens (primary N) is 1. The molecule has 3 N–H and O–H groups in total. The molecule has 0 radical (unpaired) electrons. The Hall–Kier alpha value is -4.12. The number of aromatic amines is 1. The van der Waals surface area contributed by atoms with Crippen molar-refractivity contribution < 1.29 is 18.9 Å². The maximum absolute atomic E-state index is 9.94. The Morgan fingerprint density at radius 1 is 1.12 bits per heavy atom. The second-order valence-electron chi connectivity index (χ2n) is 7.46. The summed E-state index contributed by atoms with van der Waals surface area (Å²) in [5, 5.41) is 17.3. The molecule has 0 saturated heterocycles. The first-order valence-corrected chi connectivity index (χ1v) is 10.8. The van der Waals surface area contributed by atoms with Gasteiger partial charge in [0.15, 0.2) is 11.5 Å². The van der Waals surface area contributed by atoms with Crippen LogP contribution in [0.3, 0.4) is 0 Å². The van der Waals surface area contributed by atoms with Crippen LogP contribution >= 0.6 is 0 Å². The number of ether oxygens (including phenoxy) is 4. The van der Waals surface area contributed by atoms with Crippen molar-refractivity contribution in [2.75, 3.05) is 20.3 Å². The lowest BCUT2D eigenvalue weighted by Gasteiger charge is -2.25. The number of allylic oxidation sites excluding steroid dienone is 1. The van der Waals surface area contributed by atoms with Crippen molar-refractivity contribution >= 4 is 0 Å². The zero-order chi connectivity index (χ0) is 23.4. The van der Waals surface area contributed by atoms with Gasteiger partial charge in [0, 0.05) is 5.56 Å². The van der Waals surface area contributed by atoms with E-state index < -0.39 is 5.92 Å². The van der Waals surface area contributed by atoms with Gasteiger partial charge in [-0.2, -0.15) is 5.26 Å². The van der Waals surface area contributed by atoms with Gasteiger partial charge in [-0.05, 0) is 55.3 Å². The van der Waals surface area contributed by atoms with Crippen LogP contribution in [0.25, 0.3) is 11.3 Å². The molecule has 3 aromatic rings. The summed E-state index contributed by atoms with van der Waals surface area (Å²) in [7, 11) is 1.59. The standard InChI is InChI=1S/C25H26N4O4/c1-4-12-32-19-11-8-16(13-20(19)30-3)21-18(14-26)24(27)33-25-22(21)23(28-29-25)15-6-9-17(10-7-15)31-5-2/h6-11,13,21H,4-5,12,27H2,1-3H3,(H,28,29)/t21-/m1/s1. The molecule has 2 aromatic carbocycles. The van der Waals surface area contributed by atoms with E-state index in [2.05, 4.69) is 16.3 Å². The minimum absolute atomic E-state index is 0.0324. The van der Waals surface area contributed by atoms with Crippen LogP contribution in [0, 0.1) is 11.3 Å². The zero-order valence-corrected chi connectivity index (χ0v) is 18.8. The maximum Gasteiger partial charge on any atom is 0.244 e. The predicted octanol–water partition coefficient (Wildman–Crippen LogP) is 4.49. The number of rotatable bonds is 8. The summed E-state index contributed by atoms with van der Waals surface area (Å²) in [5.74, 6) is 1.88. The summed E-state index contributed by atoms with van der Waals surface area (Å²) < 4.78 is 22.6. The molecule has 1 aromatic heterocycles. The van der Waals surface area contributed by atoms with Crippen LogP contribution < -0.4 is 24.7 Å². The molecule has 0 fully saturated rings. The number of aromatic nitrogens is 2. The number of fused-ring (bicyclic) bond motifs is 1. The van der Waals surface area contributed by atoms with E-state index in [4.69, 9.17) is 24.7 Å². The molecule has 0 bridgehead atoms. The summed E-state index contributed by atoms with van der Waals surface area (Å²) in [6.45, 7) is 5.15. The molecule has 0 aliphatic carbocycles. The highest BCUT2D eigenvalue weighted by molar-refractivity contribution is 5.71. The fourth-order valence-electron chi connectivity index (χ4n) is 3.88. The maximum atomic E-state index is 9.94. The van der Waals surface area contributed by atoms with Gasteiger partial charge in [-0.3, -0.25) is 5.10 Å². The first kappa shape index (κ1) is 22.1. The molecule has 4 rings (SSSR count). The van der Waals surface area contributed by atoms with E-state index in [1.165, 1.54) is 0 Å². The summed E-state index contributed by atoms with van der Waals surface area (Å²) in [5.41, 5.74) is 9.58. The molecule has 0 saturated carbocycles. The summed E-state index contributed by atoms with van der Waals surface area (Å²) in [4.78, 5) is 0. The highest BCUT2D eigenvalue weighted by Gasteiger charge is 2.36. The van der Waals surface area contributed by atoms with E-state index >= 15 is 0 Å². The lowest BCUT2D eigenvalue weighted by molar-refractivity contribution is 0.294. The van der Waals surface area contributed by atoms with Crippen LogP contribution in [0.4, 0.5) is 0 Å². The Kier molecular flexibility index (Phi) is 6.41. The third kappa shape index (κ3) is 4.17. The molecular weight excluding hydrogens is 420 g/mol. The quantitative estimate of drug-likeness (QED) is 0.524. The molecule has 1 aliphatic heterocycles. The van der Waals surface area contributed by atoms with Crippen molar-refractivity contribution in [2.45, 2.75) is 26.2 Å². The number of hydrogen-bond acceptors (Lipinski definition) is 7. The van der Waals surface area contributed by atoms with Crippen molar-refractivity contribution in [1.29, 1.82) is 5.26 Å². The topological polar surface area (TPSA) is 115 Å². The molecule has 1 atom stereocenters. The van der Waals surface area contributed by atoms with Crippen LogP contribution in [0.5, 0.6) is 23.1 Å². The number of nitrogens with zero attached hydrogens (tertiary/aromatic N) is 2. The third-order valence-corrected chi connectivity index (χ3v) is 5.38. The van der Waals surface area contributed by atoms with Gasteiger partial charge in [0.25, 0.3) is 0 Å². The van der Waals surface area contributed by atoms with Gasteiger partial charge in [-0.1, -0.05) is 13.0 Å². The summed E-state index contributed by atoms with van der Waals surface area (Å²) in [6.07, 6.45) is 0.881. The third-order valence-electron chi connectivity index (χ3n) is 5.38. The smallest absolute Gasteiger partial charge is 0.244 e. The Balaban J connectivity index is 1.82. The number of nitriles is 1. The van der Waals surface area contributed by atoms with Gasteiger partial charge in [0.2, 0.25) is 11.8 Å². The van der Waals surface area contributed by atoms with Crippen molar-refractivity contribution in [3.05, 3.63) is 65.0 Å². The SMILES string of the molecule is CCCOc1ccc([C@@H]2C(C#N)=C(N)Oc3n[nH]c(-c4ccc(OCC)cc4)c32)cc1OC. The minimum Gasteiger partial charge on any atom is -0.494 e. The van der Waals surface area contributed by atoms with Gasteiger partial charge in [0.05, 0.1) is 37.5 Å². The molecule has 0 amide bonds. The van der Waals surface area contributed by atoms with E-state index in [0.29, 0.717) is 36.2 Å². The monoisotopic (exact) mass is 446 g/mol. The normalized spacial score (nSPS) is 14.8. The molecule has 33 heavy (non-hydrogen) atoms. The van der Waals surface area contributed by atoms with Crippen molar-refractivity contribution in [2.24, 2.45) is 5.73 Å². The first-order valence-electron chi connectivity index (χ1n) is 10.8. The predicted molar refractivity (Wildman–Crippen MR) is 123 cm³/mol. The van der Waals surface area contributed by atoms with Crippen LogP contribution in [-0.2, 0) is 0 Å². The van der Waals surface area contributed by atoms with Crippen molar-refractivity contribution in [3.63, 3.8) is 0 Å². The highest BCUT2D eigenvalue weighted by atomic mass is 16.5. The lowest BCUT2D eigenvalue weighted by atomic mass is 9.83. The molecule has 0 unspecified atom stereocenters. The zero-order valence-electron chi connectivity index (χ0n) is 18.8. The van der Waals surface area contributed by atoms with Crippen LogP contribution in [0.1, 0.15) is 37.3 Å². The van der Waals surface area contributed by atoms with E-state index in [9.17, 15) is 5.26 Å². The highest BCUT2D eigenvalue weighted by Crippen LogP contribution is 2.47. The second kappa shape index (κ2) is 9.57. The number of methoxy groups -OCH3 is 1. The minimum atomic E-state index is -0.492. The Morgan fingerprint density at radius 3 is 2.58 bits per heavy atom. The van der Waals surface area contributed by atoms with E-state index in [1.807, 2.05) is 56.3 Å². The molecule has 2 heterocycles. The molecule has 1 aliphatic rings. The van der Waals surface area contributed by atoms with Gasteiger partial charge in [-0.25, -0.2) is 0 Å². The summed E-state index contributed by atoms with van der Waals surface area (Å²) >= 11 is 0. The molecule has 170 valence electrons. The fraction of sp³-hybridized carbons (Fsp3) is 0.280. The number of H-pyrrole nitrogens is 1. The van der Waals surface area contributed by atoms with Gasteiger partial charge < -0.3 is 24.7 Å². The Morgan fingerprint density at radius 2 is 1.91 bits per heavy atom. The van der Waals surface area contributed by atoms with Crippen LogP contribution in [0.15, 0.2) is 53.9 Å². The number of hydrogen-bond donors (Lipinski definition) is 2. The fourth-order valence-corrected chi connectivity index (χ4v) is 3.88.